The third-order valence-corrected chi connectivity index (χ3v) is 3.23. The maximum Gasteiger partial charge on any atom is 0.228 e. The molecule has 0 spiro atoms. The van der Waals surface area contributed by atoms with E-state index in [1.54, 1.807) is 0 Å². The molecule has 0 saturated heterocycles. The van der Waals surface area contributed by atoms with E-state index in [9.17, 15) is 9.59 Å². The zero-order valence-corrected chi connectivity index (χ0v) is 12.5. The van der Waals surface area contributed by atoms with Crippen molar-refractivity contribution >= 4 is 29.9 Å². The summed E-state index contributed by atoms with van der Waals surface area (Å²) in [7, 11) is 1.82. The summed E-state index contributed by atoms with van der Waals surface area (Å²) in [5, 5.41) is 8.69. The first kappa shape index (κ1) is 16.5. The topological polar surface area (TPSA) is 70.2 Å². The lowest BCUT2D eigenvalue weighted by molar-refractivity contribution is -0.121. The van der Waals surface area contributed by atoms with Gasteiger partial charge in [0, 0.05) is 18.7 Å². The molecule has 0 radical (unpaired) electrons. The number of hydrogen-bond donors (Lipinski definition) is 3. The molecule has 0 aromatic heterocycles. The van der Waals surface area contributed by atoms with Crippen LogP contribution in [0.25, 0.3) is 0 Å². The average molecular weight is 298 g/mol. The number of nitrogens with one attached hydrogen (secondary N) is 3. The molecule has 5 nitrogen and oxygen atoms in total. The van der Waals surface area contributed by atoms with Gasteiger partial charge in [0.05, 0.1) is 12.5 Å². The fourth-order valence-electron chi connectivity index (χ4n) is 2.15. The van der Waals surface area contributed by atoms with Crippen LogP contribution in [-0.4, -0.2) is 25.4 Å². The van der Waals surface area contributed by atoms with Crippen LogP contribution in [0.15, 0.2) is 18.2 Å². The molecule has 1 aliphatic heterocycles. The van der Waals surface area contributed by atoms with E-state index in [0.29, 0.717) is 19.4 Å². The molecule has 0 fully saturated rings. The summed E-state index contributed by atoms with van der Waals surface area (Å²) >= 11 is 0. The van der Waals surface area contributed by atoms with Gasteiger partial charge in [0.15, 0.2) is 0 Å². The standard InChI is InChI=1S/C14H19N3O2.ClH/c1-9(16-13(18)5-6-15-2)10-3-4-12-11(7-10)8-14(19)17-12;/h3-4,7,9,15H,5-6,8H2,1-2H3,(H,16,18)(H,17,19);1H. The molecule has 1 atom stereocenters. The number of benzene rings is 1. The summed E-state index contributed by atoms with van der Waals surface area (Å²) in [6.45, 7) is 2.62. The minimum Gasteiger partial charge on any atom is -0.350 e. The van der Waals surface area contributed by atoms with Crippen molar-refractivity contribution in [2.75, 3.05) is 18.9 Å². The average Bonchev–Trinajstić information content (AvgIpc) is 2.75. The van der Waals surface area contributed by atoms with Crippen molar-refractivity contribution in [3.8, 4) is 0 Å². The van der Waals surface area contributed by atoms with Crippen LogP contribution in [0.4, 0.5) is 5.69 Å². The van der Waals surface area contributed by atoms with Crippen LogP contribution in [0, 0.1) is 0 Å². The molecule has 1 unspecified atom stereocenters. The van der Waals surface area contributed by atoms with Gasteiger partial charge in [-0.25, -0.2) is 0 Å². The Labute approximate surface area is 124 Å². The van der Waals surface area contributed by atoms with Gasteiger partial charge in [0.1, 0.15) is 0 Å². The molecule has 0 bridgehead atoms. The van der Waals surface area contributed by atoms with E-state index >= 15 is 0 Å². The van der Waals surface area contributed by atoms with Gasteiger partial charge in [-0.2, -0.15) is 0 Å². The molecule has 1 aromatic rings. The van der Waals surface area contributed by atoms with Crippen molar-refractivity contribution < 1.29 is 9.59 Å². The number of fused-ring (bicyclic) bond motifs is 1. The lowest BCUT2D eigenvalue weighted by Gasteiger charge is -2.15. The fourth-order valence-corrected chi connectivity index (χ4v) is 2.15. The third kappa shape index (κ3) is 3.95. The Kier molecular flexibility index (Phi) is 5.98. The van der Waals surface area contributed by atoms with Crippen LogP contribution < -0.4 is 16.0 Å². The maximum atomic E-state index is 11.7. The van der Waals surface area contributed by atoms with E-state index in [2.05, 4.69) is 16.0 Å². The molecule has 1 aliphatic rings. The molecule has 20 heavy (non-hydrogen) atoms. The number of hydrogen-bond acceptors (Lipinski definition) is 3. The highest BCUT2D eigenvalue weighted by atomic mass is 35.5. The molecule has 110 valence electrons. The first-order chi connectivity index (χ1) is 9.10. The van der Waals surface area contributed by atoms with Crippen molar-refractivity contribution in [2.24, 2.45) is 0 Å². The van der Waals surface area contributed by atoms with Crippen molar-refractivity contribution in [3.63, 3.8) is 0 Å². The highest BCUT2D eigenvalue weighted by Gasteiger charge is 2.19. The minimum atomic E-state index is -0.0506. The van der Waals surface area contributed by atoms with Gasteiger partial charge >= 0.3 is 0 Å². The second kappa shape index (κ2) is 7.26. The van der Waals surface area contributed by atoms with Gasteiger partial charge < -0.3 is 16.0 Å². The Morgan fingerprint density at radius 1 is 1.45 bits per heavy atom. The van der Waals surface area contributed by atoms with E-state index in [4.69, 9.17) is 0 Å². The molecule has 2 rings (SSSR count). The van der Waals surface area contributed by atoms with Crippen molar-refractivity contribution in [1.82, 2.24) is 10.6 Å². The Balaban J connectivity index is 0.00000200. The maximum absolute atomic E-state index is 11.7. The number of halogens is 1. The number of amides is 2. The summed E-state index contributed by atoms with van der Waals surface area (Å²) in [6.07, 6.45) is 0.884. The summed E-state index contributed by atoms with van der Waals surface area (Å²) in [5.74, 6) is 0.0504. The van der Waals surface area contributed by atoms with Gasteiger partial charge in [0.25, 0.3) is 0 Å². The Bertz CT molecular complexity index is 505. The summed E-state index contributed by atoms with van der Waals surface area (Å²) in [6, 6.07) is 5.76. The second-order valence-electron chi connectivity index (χ2n) is 4.78. The fraction of sp³-hybridized carbons (Fsp3) is 0.429. The zero-order valence-electron chi connectivity index (χ0n) is 11.7. The predicted molar refractivity (Wildman–Crippen MR) is 81.1 cm³/mol. The quantitative estimate of drug-likeness (QED) is 0.769. The SMILES string of the molecule is CNCCC(=O)NC(C)c1ccc2c(c1)CC(=O)N2.Cl. The lowest BCUT2D eigenvalue weighted by atomic mass is 10.0. The second-order valence-corrected chi connectivity index (χ2v) is 4.78. The monoisotopic (exact) mass is 297 g/mol. The smallest absolute Gasteiger partial charge is 0.228 e. The van der Waals surface area contributed by atoms with Crippen molar-refractivity contribution in [1.29, 1.82) is 0 Å². The van der Waals surface area contributed by atoms with Crippen molar-refractivity contribution in [3.05, 3.63) is 29.3 Å². The molecular formula is C14H20ClN3O2. The van der Waals surface area contributed by atoms with Gasteiger partial charge in [-0.05, 0) is 31.2 Å². The molecule has 0 saturated carbocycles. The molecule has 2 amide bonds. The number of carbonyl (C=O) groups is 2. The number of anilines is 1. The van der Waals surface area contributed by atoms with Crippen LogP contribution >= 0.6 is 12.4 Å². The van der Waals surface area contributed by atoms with Crippen LogP contribution in [0.3, 0.4) is 0 Å². The highest BCUT2D eigenvalue weighted by Crippen LogP contribution is 2.26. The predicted octanol–water partition coefficient (Wildman–Crippen LogP) is 1.39. The number of carbonyl (C=O) groups excluding carboxylic acids is 2. The molecule has 0 aliphatic carbocycles. The van der Waals surface area contributed by atoms with Gasteiger partial charge in [0.2, 0.25) is 11.8 Å². The van der Waals surface area contributed by atoms with E-state index < -0.39 is 0 Å². The Morgan fingerprint density at radius 3 is 2.90 bits per heavy atom. The summed E-state index contributed by atoms with van der Waals surface area (Å²) in [4.78, 5) is 22.9. The largest absolute Gasteiger partial charge is 0.350 e. The molecular weight excluding hydrogens is 278 g/mol. The number of rotatable bonds is 5. The molecule has 1 heterocycles. The summed E-state index contributed by atoms with van der Waals surface area (Å²) in [5.41, 5.74) is 2.90. The van der Waals surface area contributed by atoms with Crippen LogP contribution in [0.5, 0.6) is 0 Å². The van der Waals surface area contributed by atoms with Crippen LogP contribution in [-0.2, 0) is 16.0 Å². The van der Waals surface area contributed by atoms with Crippen LogP contribution in [0.1, 0.15) is 30.5 Å². The third-order valence-electron chi connectivity index (χ3n) is 3.23. The molecule has 1 aromatic carbocycles. The first-order valence-electron chi connectivity index (χ1n) is 6.47. The van der Waals surface area contributed by atoms with Crippen molar-refractivity contribution in [2.45, 2.75) is 25.8 Å². The van der Waals surface area contributed by atoms with Gasteiger partial charge in [-0.15, -0.1) is 12.4 Å². The molecule has 3 N–H and O–H groups in total. The van der Waals surface area contributed by atoms with E-state index in [1.807, 2.05) is 32.2 Å². The Morgan fingerprint density at radius 2 is 2.20 bits per heavy atom. The first-order valence-corrected chi connectivity index (χ1v) is 6.47. The normalized spacial score (nSPS) is 14.0. The molecule has 6 heteroatoms. The zero-order chi connectivity index (χ0) is 13.8. The lowest BCUT2D eigenvalue weighted by Crippen LogP contribution is -2.29. The van der Waals surface area contributed by atoms with Gasteiger partial charge in [-0.3, -0.25) is 9.59 Å². The summed E-state index contributed by atoms with van der Waals surface area (Å²) < 4.78 is 0. The van der Waals surface area contributed by atoms with E-state index in [-0.39, 0.29) is 30.3 Å². The Hall–Kier alpha value is -1.59. The van der Waals surface area contributed by atoms with Gasteiger partial charge in [-0.1, -0.05) is 12.1 Å². The minimum absolute atomic E-state index is 0. The highest BCUT2D eigenvalue weighted by molar-refractivity contribution is 5.99. The van der Waals surface area contributed by atoms with Crippen LogP contribution in [0.2, 0.25) is 0 Å². The van der Waals surface area contributed by atoms with E-state index in [1.165, 1.54) is 0 Å². The van der Waals surface area contributed by atoms with E-state index in [0.717, 1.165) is 16.8 Å².